The average molecular weight is 264 g/mol. The molecule has 1 heterocycles. The van der Waals surface area contributed by atoms with Crippen molar-refractivity contribution in [3.63, 3.8) is 0 Å². The molecule has 2 rings (SSSR count). The van der Waals surface area contributed by atoms with Crippen molar-refractivity contribution in [2.24, 2.45) is 0 Å². The summed E-state index contributed by atoms with van der Waals surface area (Å²) in [6, 6.07) is 4.69. The predicted octanol–water partition coefficient (Wildman–Crippen LogP) is 1.85. The minimum Gasteiger partial charge on any atom is -0.496 e. The van der Waals surface area contributed by atoms with Crippen molar-refractivity contribution >= 4 is 0 Å². The predicted molar refractivity (Wildman–Crippen MR) is 77.0 cm³/mol. The standard InChI is InChI=1S/C15H24N2O2/c1-11-14(18-2)7-6-12(15(11)19-3)9-16-10-13-5-4-8-17-13/h6-7,13,16-17H,4-5,8-10H2,1-3H3. The number of hydrogen-bond donors (Lipinski definition) is 2. The van der Waals surface area contributed by atoms with Gasteiger partial charge < -0.3 is 20.1 Å². The minimum absolute atomic E-state index is 0.616. The lowest BCUT2D eigenvalue weighted by atomic mass is 10.1. The Hall–Kier alpha value is -1.26. The number of nitrogens with one attached hydrogen (secondary N) is 2. The van der Waals surface area contributed by atoms with Crippen LogP contribution in [-0.2, 0) is 6.54 Å². The Morgan fingerprint density at radius 3 is 2.79 bits per heavy atom. The van der Waals surface area contributed by atoms with Gasteiger partial charge in [0, 0.05) is 30.3 Å². The lowest BCUT2D eigenvalue weighted by molar-refractivity contribution is 0.384. The third-order valence-corrected chi connectivity index (χ3v) is 3.73. The van der Waals surface area contributed by atoms with Crippen LogP contribution in [0.25, 0.3) is 0 Å². The zero-order valence-corrected chi connectivity index (χ0v) is 12.1. The van der Waals surface area contributed by atoms with Gasteiger partial charge in [-0.2, -0.15) is 0 Å². The molecule has 1 aromatic rings. The zero-order chi connectivity index (χ0) is 13.7. The maximum atomic E-state index is 5.51. The highest BCUT2D eigenvalue weighted by Gasteiger charge is 2.14. The van der Waals surface area contributed by atoms with E-state index < -0.39 is 0 Å². The van der Waals surface area contributed by atoms with Crippen molar-refractivity contribution < 1.29 is 9.47 Å². The van der Waals surface area contributed by atoms with Gasteiger partial charge in [-0.15, -0.1) is 0 Å². The molecular formula is C15H24N2O2. The van der Waals surface area contributed by atoms with E-state index in [2.05, 4.69) is 16.7 Å². The van der Waals surface area contributed by atoms with Crippen molar-refractivity contribution in [1.82, 2.24) is 10.6 Å². The highest BCUT2D eigenvalue weighted by Crippen LogP contribution is 2.31. The first-order chi connectivity index (χ1) is 9.26. The Kier molecular flexibility index (Phi) is 5.05. The monoisotopic (exact) mass is 264 g/mol. The van der Waals surface area contributed by atoms with Crippen LogP contribution < -0.4 is 20.1 Å². The van der Waals surface area contributed by atoms with Crippen LogP contribution in [0.3, 0.4) is 0 Å². The molecule has 0 spiro atoms. The van der Waals surface area contributed by atoms with Crippen LogP contribution in [0.5, 0.6) is 11.5 Å². The number of ether oxygens (including phenoxy) is 2. The molecule has 1 atom stereocenters. The van der Waals surface area contributed by atoms with Crippen LogP contribution in [-0.4, -0.2) is 33.4 Å². The van der Waals surface area contributed by atoms with Crippen LogP contribution in [0.4, 0.5) is 0 Å². The van der Waals surface area contributed by atoms with Crippen LogP contribution in [0.15, 0.2) is 12.1 Å². The maximum Gasteiger partial charge on any atom is 0.129 e. The number of rotatable bonds is 6. The molecule has 0 aromatic heterocycles. The number of methoxy groups -OCH3 is 2. The van der Waals surface area contributed by atoms with E-state index in [1.165, 1.54) is 18.4 Å². The van der Waals surface area contributed by atoms with E-state index in [1.807, 2.05) is 13.0 Å². The molecular weight excluding hydrogens is 240 g/mol. The normalized spacial score (nSPS) is 18.6. The first-order valence-corrected chi connectivity index (χ1v) is 6.90. The molecule has 4 nitrogen and oxygen atoms in total. The zero-order valence-electron chi connectivity index (χ0n) is 12.1. The summed E-state index contributed by atoms with van der Waals surface area (Å²) in [5.41, 5.74) is 2.24. The van der Waals surface area contributed by atoms with Gasteiger partial charge >= 0.3 is 0 Å². The second-order valence-corrected chi connectivity index (χ2v) is 5.01. The summed E-state index contributed by atoms with van der Waals surface area (Å²) < 4.78 is 10.8. The largest absolute Gasteiger partial charge is 0.496 e. The van der Waals surface area contributed by atoms with E-state index in [-0.39, 0.29) is 0 Å². The molecule has 1 aliphatic rings. The molecule has 1 unspecified atom stereocenters. The van der Waals surface area contributed by atoms with Crippen molar-refractivity contribution in [2.75, 3.05) is 27.3 Å². The molecule has 1 fully saturated rings. The summed E-state index contributed by atoms with van der Waals surface area (Å²) in [6.07, 6.45) is 2.56. The molecule has 0 bridgehead atoms. The highest BCUT2D eigenvalue weighted by molar-refractivity contribution is 5.49. The Morgan fingerprint density at radius 2 is 2.16 bits per heavy atom. The Bertz CT molecular complexity index is 415. The molecule has 0 aliphatic carbocycles. The van der Waals surface area contributed by atoms with Gasteiger partial charge in [-0.05, 0) is 32.4 Å². The molecule has 1 aromatic carbocycles. The fourth-order valence-corrected chi connectivity index (χ4v) is 2.69. The second-order valence-electron chi connectivity index (χ2n) is 5.01. The summed E-state index contributed by atoms with van der Waals surface area (Å²) >= 11 is 0. The van der Waals surface area contributed by atoms with Gasteiger partial charge in [-0.1, -0.05) is 6.07 Å². The molecule has 1 saturated heterocycles. The molecule has 106 valence electrons. The minimum atomic E-state index is 0.616. The fraction of sp³-hybridized carbons (Fsp3) is 0.600. The summed E-state index contributed by atoms with van der Waals surface area (Å²) in [7, 11) is 3.40. The first kappa shape index (κ1) is 14.2. The van der Waals surface area contributed by atoms with Crippen LogP contribution in [0, 0.1) is 6.92 Å². The van der Waals surface area contributed by atoms with E-state index in [4.69, 9.17) is 9.47 Å². The Balaban J connectivity index is 1.97. The van der Waals surface area contributed by atoms with Crippen molar-refractivity contribution in [3.05, 3.63) is 23.3 Å². The molecule has 0 amide bonds. The third kappa shape index (κ3) is 3.39. The summed E-state index contributed by atoms with van der Waals surface area (Å²) in [5, 5.41) is 6.99. The molecule has 4 heteroatoms. The van der Waals surface area contributed by atoms with Crippen LogP contribution in [0.1, 0.15) is 24.0 Å². The van der Waals surface area contributed by atoms with Crippen molar-refractivity contribution in [2.45, 2.75) is 32.4 Å². The van der Waals surface area contributed by atoms with Gasteiger partial charge in [0.05, 0.1) is 14.2 Å². The topological polar surface area (TPSA) is 42.5 Å². The van der Waals surface area contributed by atoms with E-state index in [9.17, 15) is 0 Å². The smallest absolute Gasteiger partial charge is 0.129 e. The fourth-order valence-electron chi connectivity index (χ4n) is 2.69. The Morgan fingerprint density at radius 1 is 1.32 bits per heavy atom. The van der Waals surface area contributed by atoms with Gasteiger partial charge in [0.15, 0.2) is 0 Å². The first-order valence-electron chi connectivity index (χ1n) is 6.90. The highest BCUT2D eigenvalue weighted by atomic mass is 16.5. The molecule has 19 heavy (non-hydrogen) atoms. The van der Waals surface area contributed by atoms with Crippen LogP contribution in [0.2, 0.25) is 0 Å². The van der Waals surface area contributed by atoms with Crippen LogP contribution >= 0.6 is 0 Å². The van der Waals surface area contributed by atoms with Gasteiger partial charge in [0.1, 0.15) is 11.5 Å². The third-order valence-electron chi connectivity index (χ3n) is 3.73. The Labute approximate surface area is 115 Å². The van der Waals surface area contributed by atoms with Crippen molar-refractivity contribution in [1.29, 1.82) is 0 Å². The quantitative estimate of drug-likeness (QED) is 0.823. The lowest BCUT2D eigenvalue weighted by Gasteiger charge is -2.16. The van der Waals surface area contributed by atoms with Gasteiger partial charge in [-0.3, -0.25) is 0 Å². The molecule has 0 saturated carbocycles. The van der Waals surface area contributed by atoms with E-state index >= 15 is 0 Å². The number of hydrogen-bond acceptors (Lipinski definition) is 4. The molecule has 1 aliphatic heterocycles. The van der Waals surface area contributed by atoms with E-state index in [0.717, 1.165) is 36.7 Å². The number of benzene rings is 1. The van der Waals surface area contributed by atoms with E-state index in [1.54, 1.807) is 14.2 Å². The molecule has 0 radical (unpaired) electrons. The van der Waals surface area contributed by atoms with Crippen molar-refractivity contribution in [3.8, 4) is 11.5 Å². The molecule has 2 N–H and O–H groups in total. The summed E-state index contributed by atoms with van der Waals surface area (Å²) in [4.78, 5) is 0. The van der Waals surface area contributed by atoms with Gasteiger partial charge in [0.25, 0.3) is 0 Å². The summed E-state index contributed by atoms with van der Waals surface area (Å²) in [6.45, 7) is 5.01. The maximum absolute atomic E-state index is 5.51. The lowest BCUT2D eigenvalue weighted by Crippen LogP contribution is -2.33. The SMILES string of the molecule is COc1ccc(CNCC2CCCN2)c(OC)c1C. The van der Waals surface area contributed by atoms with E-state index in [0.29, 0.717) is 6.04 Å². The van der Waals surface area contributed by atoms with Gasteiger partial charge in [-0.25, -0.2) is 0 Å². The average Bonchev–Trinajstić information content (AvgIpc) is 2.92. The second kappa shape index (κ2) is 6.78. The van der Waals surface area contributed by atoms with Gasteiger partial charge in [0.2, 0.25) is 0 Å². The summed E-state index contributed by atoms with van der Waals surface area (Å²) in [5.74, 6) is 1.80.